The summed E-state index contributed by atoms with van der Waals surface area (Å²) in [6.07, 6.45) is 14.8. The minimum absolute atomic E-state index is 0.0804. The van der Waals surface area contributed by atoms with Gasteiger partial charge in [-0.25, -0.2) is 4.68 Å². The number of benzene rings is 2. The Morgan fingerprint density at radius 2 is 1.39 bits per heavy atom. The van der Waals surface area contributed by atoms with E-state index >= 15 is 0 Å². The molecule has 0 saturated carbocycles. The highest BCUT2D eigenvalue weighted by Gasteiger charge is 2.07. The van der Waals surface area contributed by atoms with E-state index in [-0.39, 0.29) is 5.56 Å². The first-order valence-electron chi connectivity index (χ1n) is 12.1. The summed E-state index contributed by atoms with van der Waals surface area (Å²) in [5, 5.41) is 8.95. The van der Waals surface area contributed by atoms with Crippen LogP contribution in [0.25, 0.3) is 10.9 Å². The van der Waals surface area contributed by atoms with E-state index in [4.69, 9.17) is 0 Å². The van der Waals surface area contributed by atoms with Crippen molar-refractivity contribution in [2.24, 2.45) is 0 Å². The fourth-order valence-electron chi connectivity index (χ4n) is 4.09. The van der Waals surface area contributed by atoms with Gasteiger partial charge >= 0.3 is 0 Å². The first kappa shape index (κ1) is 23.2. The first-order chi connectivity index (χ1) is 15.2. The SMILES string of the molecule is CCCCCCCCCCCCc1ccc(Cn2nnc3ccc(C)cc3c2=O)cc1. The molecule has 0 radical (unpaired) electrons. The predicted octanol–water partition coefficient (Wildman–Crippen LogP) is 6.61. The maximum absolute atomic E-state index is 12.7. The molecule has 4 nitrogen and oxygen atoms in total. The topological polar surface area (TPSA) is 47.8 Å². The molecular weight excluding hydrogens is 382 g/mol. The third kappa shape index (κ3) is 7.30. The van der Waals surface area contributed by atoms with E-state index in [1.807, 2.05) is 25.1 Å². The van der Waals surface area contributed by atoms with Crippen molar-refractivity contribution < 1.29 is 0 Å². The molecule has 166 valence electrons. The maximum Gasteiger partial charge on any atom is 0.277 e. The van der Waals surface area contributed by atoms with Crippen molar-refractivity contribution in [1.29, 1.82) is 0 Å². The number of nitrogens with zero attached hydrogens (tertiary/aromatic N) is 3. The Balaban J connectivity index is 1.41. The van der Waals surface area contributed by atoms with Crippen LogP contribution in [0.2, 0.25) is 0 Å². The molecule has 0 amide bonds. The standard InChI is InChI=1S/C27H37N3O/c1-3-4-5-6-7-8-9-10-11-12-13-23-15-17-24(18-16-23)21-30-27(31)25-20-22(2)14-19-26(25)28-29-30/h14-20H,3-13,21H2,1-2H3. The highest BCUT2D eigenvalue weighted by Crippen LogP contribution is 2.14. The molecule has 4 heteroatoms. The average Bonchev–Trinajstić information content (AvgIpc) is 2.78. The lowest BCUT2D eigenvalue weighted by molar-refractivity contribution is 0.556. The molecule has 1 aromatic heterocycles. The largest absolute Gasteiger partial charge is 0.277 e. The summed E-state index contributed by atoms with van der Waals surface area (Å²) in [6.45, 7) is 4.71. The second kappa shape index (κ2) is 12.4. The maximum atomic E-state index is 12.7. The lowest BCUT2D eigenvalue weighted by Gasteiger charge is -2.07. The van der Waals surface area contributed by atoms with Crippen molar-refractivity contribution in [3.63, 3.8) is 0 Å². The Kier molecular flexibility index (Phi) is 9.26. The third-order valence-electron chi connectivity index (χ3n) is 6.05. The van der Waals surface area contributed by atoms with Gasteiger partial charge in [0.15, 0.2) is 0 Å². The fraction of sp³-hybridized carbons (Fsp3) is 0.519. The van der Waals surface area contributed by atoms with Gasteiger partial charge in [-0.3, -0.25) is 4.79 Å². The van der Waals surface area contributed by atoms with Crippen LogP contribution >= 0.6 is 0 Å². The summed E-state index contributed by atoms with van der Waals surface area (Å²) in [5.41, 5.74) is 4.08. The van der Waals surface area contributed by atoms with Crippen molar-refractivity contribution in [3.05, 3.63) is 69.5 Å². The van der Waals surface area contributed by atoms with Gasteiger partial charge in [0.2, 0.25) is 0 Å². The van der Waals surface area contributed by atoms with Crippen molar-refractivity contribution in [3.8, 4) is 0 Å². The molecule has 2 aromatic carbocycles. The Labute approximate surface area is 186 Å². The smallest absolute Gasteiger partial charge is 0.267 e. The summed E-state index contributed by atoms with van der Waals surface area (Å²) in [4.78, 5) is 12.7. The van der Waals surface area contributed by atoms with Crippen LogP contribution in [0, 0.1) is 6.92 Å². The van der Waals surface area contributed by atoms with Crippen LogP contribution in [-0.2, 0) is 13.0 Å². The van der Waals surface area contributed by atoms with Gasteiger partial charge in [0, 0.05) is 0 Å². The molecule has 0 fully saturated rings. The van der Waals surface area contributed by atoms with Crippen molar-refractivity contribution in [2.75, 3.05) is 0 Å². The Hall–Kier alpha value is -2.49. The molecule has 3 aromatic rings. The molecule has 3 rings (SSSR count). The summed E-state index contributed by atoms with van der Waals surface area (Å²) in [7, 11) is 0. The third-order valence-corrected chi connectivity index (χ3v) is 6.05. The van der Waals surface area contributed by atoms with Crippen LogP contribution in [0.5, 0.6) is 0 Å². The lowest BCUT2D eigenvalue weighted by Crippen LogP contribution is -2.24. The molecule has 0 bridgehead atoms. The molecule has 0 aliphatic carbocycles. The number of fused-ring (bicyclic) bond motifs is 1. The normalized spacial score (nSPS) is 11.3. The minimum Gasteiger partial charge on any atom is -0.267 e. The van der Waals surface area contributed by atoms with Gasteiger partial charge in [0.1, 0.15) is 5.52 Å². The van der Waals surface area contributed by atoms with Gasteiger partial charge in [-0.2, -0.15) is 0 Å². The van der Waals surface area contributed by atoms with E-state index in [0.717, 1.165) is 17.5 Å². The van der Waals surface area contributed by atoms with Crippen LogP contribution in [0.3, 0.4) is 0 Å². The molecule has 0 unspecified atom stereocenters. The molecule has 1 heterocycles. The average molecular weight is 420 g/mol. The fourth-order valence-corrected chi connectivity index (χ4v) is 4.09. The molecule has 0 spiro atoms. The number of unbranched alkanes of at least 4 members (excludes halogenated alkanes) is 9. The lowest BCUT2D eigenvalue weighted by atomic mass is 10.0. The van der Waals surface area contributed by atoms with Gasteiger partial charge in [-0.15, -0.1) is 5.10 Å². The number of aromatic nitrogens is 3. The Morgan fingerprint density at radius 1 is 0.774 bits per heavy atom. The monoisotopic (exact) mass is 419 g/mol. The minimum atomic E-state index is -0.0804. The summed E-state index contributed by atoms with van der Waals surface area (Å²) >= 11 is 0. The van der Waals surface area contributed by atoms with E-state index in [1.165, 1.54) is 74.5 Å². The summed E-state index contributed by atoms with van der Waals surface area (Å²) in [6, 6.07) is 14.3. The van der Waals surface area contributed by atoms with Gasteiger partial charge in [0.25, 0.3) is 5.56 Å². The van der Waals surface area contributed by atoms with Crippen LogP contribution in [-0.4, -0.2) is 15.0 Å². The zero-order valence-corrected chi connectivity index (χ0v) is 19.3. The van der Waals surface area contributed by atoms with Gasteiger partial charge < -0.3 is 0 Å². The number of aryl methyl sites for hydroxylation is 2. The quantitative estimate of drug-likeness (QED) is 0.293. The number of hydrogen-bond donors (Lipinski definition) is 0. The van der Waals surface area contributed by atoms with E-state index in [9.17, 15) is 4.79 Å². The Bertz CT molecular complexity index is 992. The number of hydrogen-bond acceptors (Lipinski definition) is 3. The van der Waals surface area contributed by atoms with Gasteiger partial charge in [0.05, 0.1) is 11.9 Å². The molecule has 0 atom stereocenters. The van der Waals surface area contributed by atoms with Crippen molar-refractivity contribution >= 4 is 10.9 Å². The second-order valence-electron chi connectivity index (χ2n) is 8.82. The van der Waals surface area contributed by atoms with Crippen LogP contribution < -0.4 is 5.56 Å². The molecule has 0 saturated heterocycles. The van der Waals surface area contributed by atoms with Crippen LogP contribution in [0.15, 0.2) is 47.3 Å². The van der Waals surface area contributed by atoms with E-state index in [0.29, 0.717) is 17.4 Å². The van der Waals surface area contributed by atoms with Crippen molar-refractivity contribution in [2.45, 2.75) is 91.0 Å². The van der Waals surface area contributed by atoms with Crippen LogP contribution in [0.1, 0.15) is 87.8 Å². The molecular formula is C27H37N3O. The number of rotatable bonds is 13. The van der Waals surface area contributed by atoms with Crippen molar-refractivity contribution in [1.82, 2.24) is 15.0 Å². The van der Waals surface area contributed by atoms with Crippen LogP contribution in [0.4, 0.5) is 0 Å². The molecule has 0 aliphatic heterocycles. The first-order valence-corrected chi connectivity index (χ1v) is 12.1. The zero-order valence-electron chi connectivity index (χ0n) is 19.3. The van der Waals surface area contributed by atoms with E-state index in [2.05, 4.69) is 41.5 Å². The highest BCUT2D eigenvalue weighted by atomic mass is 16.1. The van der Waals surface area contributed by atoms with E-state index < -0.39 is 0 Å². The Morgan fingerprint density at radius 3 is 2.06 bits per heavy atom. The predicted molar refractivity (Wildman–Crippen MR) is 130 cm³/mol. The molecule has 0 N–H and O–H groups in total. The zero-order chi connectivity index (χ0) is 21.9. The highest BCUT2D eigenvalue weighted by molar-refractivity contribution is 5.77. The summed E-state index contributed by atoms with van der Waals surface area (Å²) < 4.78 is 1.46. The summed E-state index contributed by atoms with van der Waals surface area (Å²) in [5.74, 6) is 0. The second-order valence-corrected chi connectivity index (χ2v) is 8.82. The van der Waals surface area contributed by atoms with E-state index in [1.54, 1.807) is 0 Å². The van der Waals surface area contributed by atoms with Gasteiger partial charge in [-0.1, -0.05) is 106 Å². The molecule has 0 aliphatic rings. The molecule has 31 heavy (non-hydrogen) atoms. The van der Waals surface area contributed by atoms with Gasteiger partial charge in [-0.05, 0) is 43.0 Å².